The summed E-state index contributed by atoms with van der Waals surface area (Å²) in [5.41, 5.74) is 1.17. The number of nitrogens with zero attached hydrogens (tertiary/aromatic N) is 3. The summed E-state index contributed by atoms with van der Waals surface area (Å²) in [6.07, 6.45) is 9.79. The minimum Gasteiger partial charge on any atom is -0.497 e. The Kier molecular flexibility index (Phi) is 5.93. The molecule has 2 heterocycles. The summed E-state index contributed by atoms with van der Waals surface area (Å²) in [5.74, 6) is 0.841. The van der Waals surface area contributed by atoms with Gasteiger partial charge >= 0.3 is 6.03 Å². The van der Waals surface area contributed by atoms with Crippen LogP contribution in [0, 0.1) is 0 Å². The molecule has 1 aliphatic rings. The largest absolute Gasteiger partial charge is 0.497 e. The van der Waals surface area contributed by atoms with E-state index < -0.39 is 0 Å². The number of benzene rings is 1. The lowest BCUT2D eigenvalue weighted by atomic mass is 10.0. The molecule has 0 spiro atoms. The van der Waals surface area contributed by atoms with Crippen LogP contribution in [0.25, 0.3) is 0 Å². The number of aromatic nitrogens is 2. The molecule has 1 aliphatic heterocycles. The first kappa shape index (κ1) is 17.3. The maximum Gasteiger partial charge on any atom is 0.317 e. The molecule has 1 aromatic carbocycles. The molecule has 0 saturated carbocycles. The average molecular weight is 342 g/mol. The number of amides is 2. The van der Waals surface area contributed by atoms with Crippen LogP contribution in [0.4, 0.5) is 4.79 Å². The number of carbonyl (C=O) groups excluding carboxylic acids is 1. The summed E-state index contributed by atoms with van der Waals surface area (Å²) in [6.45, 7) is 2.13. The fraction of sp³-hybridized carbons (Fsp3) is 0.474. The van der Waals surface area contributed by atoms with Gasteiger partial charge in [-0.15, -0.1) is 0 Å². The first-order valence-corrected chi connectivity index (χ1v) is 8.92. The quantitative estimate of drug-likeness (QED) is 0.907. The molecule has 1 atom stereocenters. The molecule has 6 nitrogen and oxygen atoms in total. The highest BCUT2D eigenvalue weighted by Gasteiger charge is 2.26. The molecule has 0 aliphatic carbocycles. The fourth-order valence-electron chi connectivity index (χ4n) is 3.34. The maximum absolute atomic E-state index is 12.8. The number of hydrogen-bond acceptors (Lipinski definition) is 3. The number of ether oxygens (including phenoxy) is 1. The van der Waals surface area contributed by atoms with Crippen LogP contribution >= 0.6 is 0 Å². The van der Waals surface area contributed by atoms with Gasteiger partial charge in [-0.3, -0.25) is 0 Å². The third kappa shape index (κ3) is 4.53. The van der Waals surface area contributed by atoms with E-state index in [0.717, 1.165) is 38.1 Å². The Labute approximate surface area is 148 Å². The molecule has 1 N–H and O–H groups in total. The monoisotopic (exact) mass is 342 g/mol. The molecule has 6 heteroatoms. The van der Waals surface area contributed by atoms with Crippen molar-refractivity contribution in [2.24, 2.45) is 0 Å². The lowest BCUT2D eigenvalue weighted by molar-refractivity contribution is 0.175. The van der Waals surface area contributed by atoms with Gasteiger partial charge in [-0.1, -0.05) is 25.0 Å². The summed E-state index contributed by atoms with van der Waals surface area (Å²) in [7, 11) is 1.67. The van der Waals surface area contributed by atoms with Crippen molar-refractivity contribution >= 4 is 6.03 Å². The number of nitrogens with one attached hydrogen (secondary N) is 1. The SMILES string of the molecule is COc1ccc([C@@H]2CCCCCN2C(=O)NCCn2ccnc2)cc1. The van der Waals surface area contributed by atoms with E-state index in [1.54, 1.807) is 19.6 Å². The Balaban J connectivity index is 1.65. The molecule has 0 unspecified atom stereocenters. The number of rotatable bonds is 5. The zero-order valence-corrected chi connectivity index (χ0v) is 14.7. The summed E-state index contributed by atoms with van der Waals surface area (Å²) in [4.78, 5) is 18.8. The van der Waals surface area contributed by atoms with E-state index in [4.69, 9.17) is 4.74 Å². The van der Waals surface area contributed by atoms with Crippen LogP contribution in [-0.2, 0) is 6.54 Å². The van der Waals surface area contributed by atoms with Crippen LogP contribution in [0.5, 0.6) is 5.75 Å². The Hall–Kier alpha value is -2.50. The van der Waals surface area contributed by atoms with Crippen LogP contribution < -0.4 is 10.1 Å². The van der Waals surface area contributed by atoms with Crippen molar-refractivity contribution in [3.63, 3.8) is 0 Å². The topological polar surface area (TPSA) is 59.4 Å². The first-order chi connectivity index (χ1) is 12.3. The third-order valence-corrected chi connectivity index (χ3v) is 4.72. The molecule has 25 heavy (non-hydrogen) atoms. The number of urea groups is 1. The van der Waals surface area contributed by atoms with E-state index in [2.05, 4.69) is 22.4 Å². The minimum absolute atomic E-state index is 0.0165. The van der Waals surface area contributed by atoms with Crippen molar-refractivity contribution in [2.45, 2.75) is 38.3 Å². The average Bonchev–Trinajstić information content (AvgIpc) is 3.04. The predicted octanol–water partition coefficient (Wildman–Crippen LogP) is 3.22. The lowest BCUT2D eigenvalue weighted by Gasteiger charge is -2.30. The highest BCUT2D eigenvalue weighted by atomic mass is 16.5. The van der Waals surface area contributed by atoms with Crippen molar-refractivity contribution in [1.29, 1.82) is 0 Å². The third-order valence-electron chi connectivity index (χ3n) is 4.72. The second-order valence-electron chi connectivity index (χ2n) is 6.36. The fourth-order valence-corrected chi connectivity index (χ4v) is 3.34. The van der Waals surface area contributed by atoms with E-state index in [-0.39, 0.29) is 12.1 Å². The normalized spacial score (nSPS) is 17.8. The Morgan fingerprint density at radius 1 is 1.28 bits per heavy atom. The van der Waals surface area contributed by atoms with Gasteiger partial charge in [-0.2, -0.15) is 0 Å². The van der Waals surface area contributed by atoms with Crippen LogP contribution in [0.15, 0.2) is 43.0 Å². The zero-order valence-electron chi connectivity index (χ0n) is 14.7. The second-order valence-corrected chi connectivity index (χ2v) is 6.36. The second kappa shape index (κ2) is 8.55. The van der Waals surface area contributed by atoms with Gasteiger partial charge in [0.05, 0.1) is 19.5 Å². The Morgan fingerprint density at radius 2 is 2.12 bits per heavy atom. The molecule has 2 aromatic rings. The van der Waals surface area contributed by atoms with E-state index in [9.17, 15) is 4.79 Å². The van der Waals surface area contributed by atoms with Crippen molar-refractivity contribution in [1.82, 2.24) is 19.8 Å². The van der Waals surface area contributed by atoms with Crippen LogP contribution in [-0.4, -0.2) is 40.7 Å². The van der Waals surface area contributed by atoms with E-state index in [0.29, 0.717) is 6.54 Å². The Morgan fingerprint density at radius 3 is 2.84 bits per heavy atom. The van der Waals surface area contributed by atoms with Crippen molar-refractivity contribution in [3.8, 4) is 5.75 Å². The molecule has 0 bridgehead atoms. The number of imidazole rings is 1. The smallest absolute Gasteiger partial charge is 0.317 e. The first-order valence-electron chi connectivity index (χ1n) is 8.92. The molecule has 1 saturated heterocycles. The van der Waals surface area contributed by atoms with Gasteiger partial charge in [-0.05, 0) is 30.5 Å². The van der Waals surface area contributed by atoms with Gasteiger partial charge in [0.25, 0.3) is 0 Å². The van der Waals surface area contributed by atoms with Crippen molar-refractivity contribution in [2.75, 3.05) is 20.2 Å². The summed E-state index contributed by atoms with van der Waals surface area (Å²) >= 11 is 0. The van der Waals surface area contributed by atoms with Gasteiger partial charge < -0.3 is 19.5 Å². The summed E-state index contributed by atoms with van der Waals surface area (Å²) < 4.78 is 7.21. The molecule has 1 aromatic heterocycles. The summed E-state index contributed by atoms with van der Waals surface area (Å²) in [6, 6.07) is 8.22. The van der Waals surface area contributed by atoms with Crippen LogP contribution in [0.1, 0.15) is 37.3 Å². The van der Waals surface area contributed by atoms with Crippen LogP contribution in [0.3, 0.4) is 0 Å². The lowest BCUT2D eigenvalue weighted by Crippen LogP contribution is -2.43. The Bertz CT molecular complexity index is 655. The summed E-state index contributed by atoms with van der Waals surface area (Å²) in [5, 5.41) is 3.05. The van der Waals surface area contributed by atoms with Gasteiger partial charge in [0.15, 0.2) is 0 Å². The van der Waals surface area contributed by atoms with E-state index >= 15 is 0 Å². The number of hydrogen-bond donors (Lipinski definition) is 1. The number of carbonyl (C=O) groups is 1. The standard InChI is InChI=1S/C19H26N4O2/c1-25-17-8-6-16(7-9-17)18-5-3-2-4-12-23(18)19(24)21-11-14-22-13-10-20-15-22/h6-10,13,15,18H,2-5,11-12,14H2,1H3,(H,21,24)/t18-/m0/s1. The number of methoxy groups -OCH3 is 1. The van der Waals surface area contributed by atoms with Gasteiger partial charge in [-0.25, -0.2) is 9.78 Å². The van der Waals surface area contributed by atoms with Gasteiger partial charge in [0, 0.05) is 32.0 Å². The maximum atomic E-state index is 12.8. The molecule has 2 amide bonds. The minimum atomic E-state index is 0.0165. The predicted molar refractivity (Wildman–Crippen MR) is 96.5 cm³/mol. The molecule has 134 valence electrons. The zero-order chi connectivity index (χ0) is 17.5. The molecule has 1 fully saturated rings. The van der Waals surface area contributed by atoms with Crippen LogP contribution in [0.2, 0.25) is 0 Å². The van der Waals surface area contributed by atoms with Gasteiger partial charge in [0.1, 0.15) is 5.75 Å². The highest BCUT2D eigenvalue weighted by molar-refractivity contribution is 5.74. The molecule has 0 radical (unpaired) electrons. The van der Waals surface area contributed by atoms with Crippen molar-refractivity contribution in [3.05, 3.63) is 48.5 Å². The van der Waals surface area contributed by atoms with Gasteiger partial charge in [0.2, 0.25) is 0 Å². The van der Waals surface area contributed by atoms with Crippen molar-refractivity contribution < 1.29 is 9.53 Å². The highest BCUT2D eigenvalue weighted by Crippen LogP contribution is 2.31. The van der Waals surface area contributed by atoms with E-state index in [1.165, 1.54) is 12.0 Å². The number of likely N-dealkylation sites (tertiary alicyclic amines) is 1. The molecule has 3 rings (SSSR count). The molecular weight excluding hydrogens is 316 g/mol. The molecular formula is C19H26N4O2. The van der Waals surface area contributed by atoms with E-state index in [1.807, 2.05) is 27.8 Å².